The van der Waals surface area contributed by atoms with Crippen LogP contribution >= 0.6 is 11.3 Å². The van der Waals surface area contributed by atoms with Gasteiger partial charge in [0.05, 0.1) is 6.04 Å². The van der Waals surface area contributed by atoms with Crippen molar-refractivity contribution in [3.8, 4) is 0 Å². The van der Waals surface area contributed by atoms with Crippen molar-refractivity contribution >= 4 is 11.3 Å². The summed E-state index contributed by atoms with van der Waals surface area (Å²) < 4.78 is 0. The second kappa shape index (κ2) is 4.64. The van der Waals surface area contributed by atoms with Crippen LogP contribution in [0.5, 0.6) is 0 Å². The zero-order valence-electron chi connectivity index (χ0n) is 9.57. The molecule has 1 aliphatic rings. The van der Waals surface area contributed by atoms with E-state index < -0.39 is 0 Å². The molecule has 15 heavy (non-hydrogen) atoms. The predicted octanol–water partition coefficient (Wildman–Crippen LogP) is 2.40. The molecule has 0 aliphatic carbocycles. The molecule has 3 heteroatoms. The smallest absolute Gasteiger partial charge is 0.0591 e. The van der Waals surface area contributed by atoms with E-state index >= 15 is 0 Å². The Bertz CT molecular complexity index is 311. The molecule has 2 heterocycles. The summed E-state index contributed by atoms with van der Waals surface area (Å²) in [6.07, 6.45) is 3.53. The molecule has 2 nitrogen and oxygen atoms in total. The van der Waals surface area contributed by atoms with Crippen molar-refractivity contribution in [3.05, 3.63) is 21.9 Å². The van der Waals surface area contributed by atoms with Gasteiger partial charge in [0.15, 0.2) is 0 Å². The first-order chi connectivity index (χ1) is 7.22. The van der Waals surface area contributed by atoms with Crippen LogP contribution in [-0.2, 0) is 6.42 Å². The van der Waals surface area contributed by atoms with Crippen LogP contribution in [0.3, 0.4) is 0 Å². The Kier molecular flexibility index (Phi) is 3.44. The molecule has 1 aromatic heterocycles. The number of thiophene rings is 1. The van der Waals surface area contributed by atoms with Crippen molar-refractivity contribution in [3.63, 3.8) is 0 Å². The van der Waals surface area contributed by atoms with E-state index in [0.29, 0.717) is 12.1 Å². The molecule has 0 spiro atoms. The predicted molar refractivity (Wildman–Crippen MR) is 66.3 cm³/mol. The lowest BCUT2D eigenvalue weighted by atomic mass is 9.96. The lowest BCUT2D eigenvalue weighted by Gasteiger charge is -2.36. The van der Waals surface area contributed by atoms with E-state index in [4.69, 9.17) is 5.73 Å². The number of likely N-dealkylation sites (N-methyl/N-ethyl adjacent to an activating group) is 1. The minimum atomic E-state index is 0.312. The van der Waals surface area contributed by atoms with Gasteiger partial charge in [-0.05, 0) is 45.0 Å². The molecule has 1 fully saturated rings. The summed E-state index contributed by atoms with van der Waals surface area (Å²) in [5.74, 6) is 0. The molecular weight excluding hydrogens is 204 g/mol. The molecular formula is C12H20N2S. The van der Waals surface area contributed by atoms with Crippen molar-refractivity contribution in [1.82, 2.24) is 4.90 Å². The third-order valence-electron chi connectivity index (χ3n) is 3.25. The summed E-state index contributed by atoms with van der Waals surface area (Å²) in [7, 11) is 2.19. The van der Waals surface area contributed by atoms with Gasteiger partial charge in [-0.25, -0.2) is 0 Å². The highest BCUT2D eigenvalue weighted by atomic mass is 32.1. The highest BCUT2D eigenvalue weighted by Gasteiger charge is 2.28. The van der Waals surface area contributed by atoms with Crippen LogP contribution in [0.1, 0.15) is 35.6 Å². The van der Waals surface area contributed by atoms with E-state index in [1.54, 1.807) is 0 Å². The van der Waals surface area contributed by atoms with Crippen molar-refractivity contribution in [2.75, 3.05) is 13.6 Å². The Hall–Kier alpha value is -0.380. The summed E-state index contributed by atoms with van der Waals surface area (Å²) in [6.45, 7) is 3.39. The van der Waals surface area contributed by atoms with E-state index in [0.717, 1.165) is 12.8 Å². The standard InChI is InChI=1S/C12H20N2S/c1-3-9-6-7-11(15-9)12-10(13)5-4-8-14(12)2/h6-7,10,12H,3-5,8,13H2,1-2H3. The maximum Gasteiger partial charge on any atom is 0.0591 e. The number of rotatable bonds is 2. The van der Waals surface area contributed by atoms with Crippen LogP contribution in [0.15, 0.2) is 12.1 Å². The van der Waals surface area contributed by atoms with E-state index in [9.17, 15) is 0 Å². The number of hydrogen-bond acceptors (Lipinski definition) is 3. The second-order valence-corrected chi connectivity index (χ2v) is 5.59. The van der Waals surface area contributed by atoms with Crippen molar-refractivity contribution in [2.45, 2.75) is 38.3 Å². The van der Waals surface area contributed by atoms with Gasteiger partial charge in [0.25, 0.3) is 0 Å². The van der Waals surface area contributed by atoms with Gasteiger partial charge < -0.3 is 5.73 Å². The van der Waals surface area contributed by atoms with Gasteiger partial charge in [-0.15, -0.1) is 11.3 Å². The maximum atomic E-state index is 6.22. The van der Waals surface area contributed by atoms with Crippen LogP contribution in [0.2, 0.25) is 0 Å². The normalized spacial score (nSPS) is 28.2. The molecule has 0 aromatic carbocycles. The van der Waals surface area contributed by atoms with Crippen molar-refractivity contribution < 1.29 is 0 Å². The zero-order valence-corrected chi connectivity index (χ0v) is 10.4. The molecule has 1 aromatic rings. The average molecular weight is 224 g/mol. The molecule has 1 aliphatic heterocycles. The van der Waals surface area contributed by atoms with Crippen molar-refractivity contribution in [1.29, 1.82) is 0 Å². The Morgan fingerprint density at radius 2 is 2.33 bits per heavy atom. The molecule has 0 bridgehead atoms. The third-order valence-corrected chi connectivity index (χ3v) is 4.55. The molecule has 0 amide bonds. The zero-order chi connectivity index (χ0) is 10.8. The monoisotopic (exact) mass is 224 g/mol. The molecule has 0 radical (unpaired) electrons. The summed E-state index contributed by atoms with van der Waals surface area (Å²) in [5, 5.41) is 0. The first-order valence-corrected chi connectivity index (χ1v) is 6.58. The minimum absolute atomic E-state index is 0.312. The highest BCUT2D eigenvalue weighted by molar-refractivity contribution is 7.12. The molecule has 84 valence electrons. The number of likely N-dealkylation sites (tertiary alicyclic amines) is 1. The fourth-order valence-corrected chi connectivity index (χ4v) is 3.57. The van der Waals surface area contributed by atoms with Gasteiger partial charge in [-0.2, -0.15) is 0 Å². The van der Waals surface area contributed by atoms with E-state index in [2.05, 4.69) is 31.0 Å². The van der Waals surface area contributed by atoms with Gasteiger partial charge in [0, 0.05) is 15.8 Å². The lowest BCUT2D eigenvalue weighted by molar-refractivity contribution is 0.166. The molecule has 2 N–H and O–H groups in total. The second-order valence-electron chi connectivity index (χ2n) is 4.39. The Balaban J connectivity index is 2.19. The van der Waals surface area contributed by atoms with Crippen LogP contribution in [0.25, 0.3) is 0 Å². The molecule has 2 unspecified atom stereocenters. The number of hydrogen-bond donors (Lipinski definition) is 1. The summed E-state index contributed by atoms with van der Waals surface area (Å²) in [5.41, 5.74) is 6.22. The van der Waals surface area contributed by atoms with Gasteiger partial charge in [-0.3, -0.25) is 4.90 Å². The number of nitrogens with two attached hydrogens (primary N) is 1. The van der Waals surface area contributed by atoms with Crippen LogP contribution in [0, 0.1) is 0 Å². The van der Waals surface area contributed by atoms with Gasteiger partial charge >= 0.3 is 0 Å². The van der Waals surface area contributed by atoms with Gasteiger partial charge in [-0.1, -0.05) is 6.92 Å². The van der Waals surface area contributed by atoms with Crippen LogP contribution in [0.4, 0.5) is 0 Å². The Morgan fingerprint density at radius 3 is 2.93 bits per heavy atom. The van der Waals surface area contributed by atoms with E-state index in [1.165, 1.54) is 22.7 Å². The van der Waals surface area contributed by atoms with Crippen LogP contribution in [-0.4, -0.2) is 24.5 Å². The molecule has 2 atom stereocenters. The van der Waals surface area contributed by atoms with Crippen molar-refractivity contribution in [2.24, 2.45) is 5.73 Å². The summed E-state index contributed by atoms with van der Waals surface area (Å²) >= 11 is 1.93. The average Bonchev–Trinajstić information content (AvgIpc) is 2.66. The molecule has 2 rings (SSSR count). The quantitative estimate of drug-likeness (QED) is 0.836. The van der Waals surface area contributed by atoms with E-state index in [-0.39, 0.29) is 0 Å². The Morgan fingerprint density at radius 1 is 1.53 bits per heavy atom. The van der Waals surface area contributed by atoms with E-state index in [1.807, 2.05) is 11.3 Å². The SMILES string of the molecule is CCc1ccc(C2C(N)CCCN2C)s1. The third kappa shape index (κ3) is 2.25. The number of nitrogens with zero attached hydrogens (tertiary/aromatic N) is 1. The summed E-state index contributed by atoms with van der Waals surface area (Å²) in [4.78, 5) is 5.32. The highest BCUT2D eigenvalue weighted by Crippen LogP contribution is 2.33. The first-order valence-electron chi connectivity index (χ1n) is 5.76. The molecule has 1 saturated heterocycles. The van der Waals surface area contributed by atoms with Crippen LogP contribution < -0.4 is 5.73 Å². The first kappa shape index (κ1) is 11.1. The fourth-order valence-electron chi connectivity index (χ4n) is 2.37. The maximum absolute atomic E-state index is 6.22. The van der Waals surface area contributed by atoms with Gasteiger partial charge in [0.2, 0.25) is 0 Å². The fraction of sp³-hybridized carbons (Fsp3) is 0.667. The largest absolute Gasteiger partial charge is 0.326 e. The topological polar surface area (TPSA) is 29.3 Å². The number of aryl methyl sites for hydroxylation is 1. The lowest BCUT2D eigenvalue weighted by Crippen LogP contribution is -2.43. The van der Waals surface area contributed by atoms with Gasteiger partial charge in [0.1, 0.15) is 0 Å². The minimum Gasteiger partial charge on any atom is -0.326 e. The summed E-state index contributed by atoms with van der Waals surface area (Å²) in [6, 6.07) is 5.27. The molecule has 0 saturated carbocycles. The Labute approximate surface area is 96.1 Å². The number of piperidine rings is 1.